The van der Waals surface area contributed by atoms with Crippen LogP contribution in [0.15, 0.2) is 53.8 Å². The van der Waals surface area contributed by atoms with E-state index in [1.54, 1.807) is 18.1 Å². The van der Waals surface area contributed by atoms with E-state index in [0.717, 1.165) is 18.3 Å². The van der Waals surface area contributed by atoms with Crippen LogP contribution >= 0.6 is 24.0 Å². The third-order valence-electron chi connectivity index (χ3n) is 4.07. The molecule has 1 heterocycles. The van der Waals surface area contributed by atoms with Crippen LogP contribution < -0.4 is 5.32 Å². The van der Waals surface area contributed by atoms with Gasteiger partial charge in [-0.3, -0.25) is 9.67 Å². The number of fused-ring (bicyclic) bond motifs is 1. The summed E-state index contributed by atoms with van der Waals surface area (Å²) in [5, 5.41) is 10.0. The molecule has 2 aromatic carbocycles. The molecule has 3 aromatic rings. The lowest BCUT2D eigenvalue weighted by atomic mass is 10.0. The Morgan fingerprint density at radius 2 is 1.96 bits per heavy atom. The van der Waals surface area contributed by atoms with Crippen molar-refractivity contribution in [3.63, 3.8) is 0 Å². The number of nitrogens with one attached hydrogen (secondary N) is 1. The molecule has 0 spiro atoms. The summed E-state index contributed by atoms with van der Waals surface area (Å²) >= 11 is 0. The van der Waals surface area contributed by atoms with Gasteiger partial charge in [0, 0.05) is 27.7 Å². The van der Waals surface area contributed by atoms with E-state index in [9.17, 15) is 0 Å². The SMILES string of the molecule is CN=C(NCc1cccc2ccccc12)N(C)Cc1ncnn1C.I. The van der Waals surface area contributed by atoms with Crippen LogP contribution in [0.25, 0.3) is 10.8 Å². The van der Waals surface area contributed by atoms with Gasteiger partial charge in [0.2, 0.25) is 0 Å². The second-order valence-electron chi connectivity index (χ2n) is 5.69. The number of aliphatic imine (C=N–C) groups is 1. The second kappa shape index (κ2) is 8.80. The number of aromatic nitrogens is 3. The molecule has 3 rings (SSSR count). The molecule has 1 aromatic heterocycles. The lowest BCUT2D eigenvalue weighted by molar-refractivity contribution is 0.448. The third kappa shape index (κ3) is 4.47. The first kappa shape index (κ1) is 19.2. The predicted molar refractivity (Wildman–Crippen MR) is 112 cm³/mol. The van der Waals surface area contributed by atoms with Gasteiger partial charge in [0.25, 0.3) is 0 Å². The molecule has 7 heteroatoms. The monoisotopic (exact) mass is 450 g/mol. The Bertz CT molecular complexity index is 852. The Labute approximate surface area is 165 Å². The summed E-state index contributed by atoms with van der Waals surface area (Å²) in [6, 6.07) is 14.8. The number of hydrogen-bond donors (Lipinski definition) is 1. The van der Waals surface area contributed by atoms with E-state index in [4.69, 9.17) is 0 Å². The molecule has 0 amide bonds. The van der Waals surface area contributed by atoms with Gasteiger partial charge in [0.05, 0.1) is 6.54 Å². The zero-order valence-corrected chi connectivity index (χ0v) is 17.0. The summed E-state index contributed by atoms with van der Waals surface area (Å²) in [5.74, 6) is 1.72. The van der Waals surface area contributed by atoms with Crippen molar-refractivity contribution in [1.29, 1.82) is 0 Å². The number of rotatable bonds is 4. The van der Waals surface area contributed by atoms with Crippen LogP contribution in [0.1, 0.15) is 11.4 Å². The fourth-order valence-corrected chi connectivity index (χ4v) is 2.76. The van der Waals surface area contributed by atoms with Crippen LogP contribution in [0.3, 0.4) is 0 Å². The largest absolute Gasteiger partial charge is 0.352 e. The number of guanidine groups is 1. The van der Waals surface area contributed by atoms with Crippen molar-refractivity contribution in [2.45, 2.75) is 13.1 Å². The van der Waals surface area contributed by atoms with Crippen LogP contribution in [-0.2, 0) is 20.1 Å². The number of hydrogen-bond acceptors (Lipinski definition) is 3. The van der Waals surface area contributed by atoms with Crippen molar-refractivity contribution in [3.8, 4) is 0 Å². The molecule has 0 saturated carbocycles. The Morgan fingerprint density at radius 1 is 1.20 bits per heavy atom. The molecular formula is C18H23IN6. The van der Waals surface area contributed by atoms with Crippen LogP contribution in [0.5, 0.6) is 0 Å². The zero-order valence-electron chi connectivity index (χ0n) is 14.7. The lowest BCUT2D eigenvalue weighted by Crippen LogP contribution is -2.38. The highest BCUT2D eigenvalue weighted by molar-refractivity contribution is 14.0. The molecule has 0 radical (unpaired) electrons. The number of benzene rings is 2. The highest BCUT2D eigenvalue weighted by atomic mass is 127. The highest BCUT2D eigenvalue weighted by Crippen LogP contribution is 2.18. The van der Waals surface area contributed by atoms with Crippen molar-refractivity contribution in [2.75, 3.05) is 14.1 Å². The first-order valence-electron chi connectivity index (χ1n) is 7.90. The zero-order chi connectivity index (χ0) is 16.9. The van der Waals surface area contributed by atoms with Gasteiger partial charge in [0.1, 0.15) is 12.2 Å². The van der Waals surface area contributed by atoms with E-state index in [2.05, 4.69) is 62.9 Å². The van der Waals surface area contributed by atoms with Crippen molar-refractivity contribution < 1.29 is 0 Å². The van der Waals surface area contributed by atoms with E-state index in [1.807, 2.05) is 19.0 Å². The Balaban J connectivity index is 0.00000225. The minimum Gasteiger partial charge on any atom is -0.352 e. The molecule has 0 aliphatic heterocycles. The lowest BCUT2D eigenvalue weighted by Gasteiger charge is -2.21. The van der Waals surface area contributed by atoms with E-state index >= 15 is 0 Å². The molecule has 0 bridgehead atoms. The Kier molecular flexibility index (Phi) is 6.74. The molecule has 25 heavy (non-hydrogen) atoms. The standard InChI is InChI=1S/C18H22N6.HI/c1-19-18(23(2)12-17-21-13-22-24(17)3)20-11-15-9-6-8-14-7-4-5-10-16(14)15;/h4-10,13H,11-12H2,1-3H3,(H,19,20);1H. The first-order chi connectivity index (χ1) is 11.7. The fourth-order valence-electron chi connectivity index (χ4n) is 2.76. The summed E-state index contributed by atoms with van der Waals surface area (Å²) in [4.78, 5) is 10.7. The maximum Gasteiger partial charge on any atom is 0.194 e. The molecule has 0 saturated heterocycles. The van der Waals surface area contributed by atoms with E-state index < -0.39 is 0 Å². The Morgan fingerprint density at radius 3 is 2.68 bits per heavy atom. The van der Waals surface area contributed by atoms with Crippen molar-refractivity contribution in [1.82, 2.24) is 25.0 Å². The van der Waals surface area contributed by atoms with Crippen molar-refractivity contribution in [2.24, 2.45) is 12.0 Å². The first-order valence-corrected chi connectivity index (χ1v) is 7.90. The molecule has 0 atom stereocenters. The van der Waals surface area contributed by atoms with Gasteiger partial charge in [-0.15, -0.1) is 24.0 Å². The maximum atomic E-state index is 4.37. The van der Waals surface area contributed by atoms with Crippen LogP contribution in [0.4, 0.5) is 0 Å². The van der Waals surface area contributed by atoms with Gasteiger partial charge in [-0.25, -0.2) is 4.98 Å². The topological polar surface area (TPSA) is 58.3 Å². The summed E-state index contributed by atoms with van der Waals surface area (Å²) in [6.07, 6.45) is 1.56. The van der Waals surface area contributed by atoms with Crippen LogP contribution in [0.2, 0.25) is 0 Å². The summed E-state index contributed by atoms with van der Waals surface area (Å²) < 4.78 is 1.77. The molecule has 6 nitrogen and oxygen atoms in total. The number of halogens is 1. The molecule has 132 valence electrons. The maximum absolute atomic E-state index is 4.37. The van der Waals surface area contributed by atoms with E-state index in [1.165, 1.54) is 16.3 Å². The van der Waals surface area contributed by atoms with Gasteiger partial charge >= 0.3 is 0 Å². The normalized spacial score (nSPS) is 11.2. The second-order valence-corrected chi connectivity index (χ2v) is 5.69. The van der Waals surface area contributed by atoms with Gasteiger partial charge in [-0.1, -0.05) is 42.5 Å². The molecule has 1 N–H and O–H groups in total. The predicted octanol–water partition coefficient (Wildman–Crippen LogP) is 2.79. The summed E-state index contributed by atoms with van der Waals surface area (Å²) in [5.41, 5.74) is 1.25. The molecule has 0 aliphatic rings. The average molecular weight is 450 g/mol. The van der Waals surface area contributed by atoms with Crippen LogP contribution in [0, 0.1) is 0 Å². The van der Waals surface area contributed by atoms with Gasteiger partial charge in [-0.05, 0) is 16.3 Å². The van der Waals surface area contributed by atoms with Crippen LogP contribution in [-0.4, -0.2) is 39.7 Å². The van der Waals surface area contributed by atoms with Gasteiger partial charge in [0.15, 0.2) is 5.96 Å². The van der Waals surface area contributed by atoms with Gasteiger partial charge < -0.3 is 10.2 Å². The quantitative estimate of drug-likeness (QED) is 0.378. The minimum atomic E-state index is 0. The summed E-state index contributed by atoms with van der Waals surface area (Å²) in [6.45, 7) is 1.36. The third-order valence-corrected chi connectivity index (χ3v) is 4.07. The highest BCUT2D eigenvalue weighted by Gasteiger charge is 2.10. The van der Waals surface area contributed by atoms with Crippen molar-refractivity contribution in [3.05, 3.63) is 60.2 Å². The summed E-state index contributed by atoms with van der Waals surface area (Å²) in [7, 11) is 5.67. The smallest absolute Gasteiger partial charge is 0.194 e. The Hall–Kier alpha value is -2.16. The molecular weight excluding hydrogens is 427 g/mol. The van der Waals surface area contributed by atoms with E-state index in [0.29, 0.717) is 6.54 Å². The van der Waals surface area contributed by atoms with Gasteiger partial charge in [-0.2, -0.15) is 5.10 Å². The average Bonchev–Trinajstić information content (AvgIpc) is 3.00. The number of aryl methyl sites for hydroxylation is 1. The fraction of sp³-hybridized carbons (Fsp3) is 0.278. The minimum absolute atomic E-state index is 0. The molecule has 0 aliphatic carbocycles. The van der Waals surface area contributed by atoms with Crippen molar-refractivity contribution >= 4 is 40.7 Å². The van der Waals surface area contributed by atoms with E-state index in [-0.39, 0.29) is 24.0 Å². The molecule has 0 unspecified atom stereocenters. The molecule has 0 fully saturated rings. The number of nitrogens with zero attached hydrogens (tertiary/aromatic N) is 5.